The molecule has 0 heterocycles. The normalized spacial score (nSPS) is 11.4. The molecular formula is C12H14ClNO2S. The monoisotopic (exact) mass is 271 g/mol. The van der Waals surface area contributed by atoms with Gasteiger partial charge in [0.05, 0.1) is 4.90 Å². The number of benzene rings is 1. The van der Waals surface area contributed by atoms with E-state index in [1.807, 2.05) is 0 Å². The Balaban J connectivity index is 3.10. The molecule has 0 aliphatic rings. The molecule has 92 valence electrons. The van der Waals surface area contributed by atoms with Gasteiger partial charge >= 0.3 is 0 Å². The fourth-order valence-electron chi connectivity index (χ4n) is 1.31. The first-order chi connectivity index (χ1) is 8.02. The Bertz CT molecular complexity index is 484. The lowest BCUT2D eigenvalue weighted by Crippen LogP contribution is -2.31. The molecule has 0 aromatic heterocycles. The first-order valence-corrected chi connectivity index (χ1v) is 6.81. The van der Waals surface area contributed by atoms with Gasteiger partial charge in [0.1, 0.15) is 0 Å². The van der Waals surface area contributed by atoms with Crippen LogP contribution >= 0.6 is 11.6 Å². The molecule has 1 rings (SSSR count). The Morgan fingerprint density at radius 1 is 1.12 bits per heavy atom. The van der Waals surface area contributed by atoms with Crippen molar-refractivity contribution in [3.63, 3.8) is 0 Å². The van der Waals surface area contributed by atoms with Gasteiger partial charge in [0, 0.05) is 18.1 Å². The van der Waals surface area contributed by atoms with E-state index in [1.165, 1.54) is 28.6 Å². The van der Waals surface area contributed by atoms with Crippen LogP contribution in [0.25, 0.3) is 0 Å². The van der Waals surface area contributed by atoms with Gasteiger partial charge in [0.25, 0.3) is 0 Å². The molecule has 0 N–H and O–H groups in total. The molecule has 0 radical (unpaired) electrons. The van der Waals surface area contributed by atoms with Crippen molar-refractivity contribution in [2.75, 3.05) is 13.1 Å². The van der Waals surface area contributed by atoms with E-state index in [4.69, 9.17) is 11.6 Å². The van der Waals surface area contributed by atoms with E-state index in [0.29, 0.717) is 5.02 Å². The van der Waals surface area contributed by atoms with E-state index in [9.17, 15) is 8.42 Å². The molecule has 0 atom stereocenters. The zero-order valence-electron chi connectivity index (χ0n) is 9.34. The molecule has 0 saturated heterocycles. The summed E-state index contributed by atoms with van der Waals surface area (Å²) < 4.78 is 25.7. The predicted octanol–water partition coefficient (Wildman–Crippen LogP) is 2.70. The lowest BCUT2D eigenvalue weighted by Gasteiger charge is -2.18. The van der Waals surface area contributed by atoms with Gasteiger partial charge in [-0.1, -0.05) is 23.8 Å². The molecule has 0 aliphatic carbocycles. The molecule has 5 heteroatoms. The highest BCUT2D eigenvalue weighted by Gasteiger charge is 2.21. The lowest BCUT2D eigenvalue weighted by molar-refractivity contribution is 0.474. The van der Waals surface area contributed by atoms with Gasteiger partial charge in [-0.05, 0) is 24.3 Å². The summed E-state index contributed by atoms with van der Waals surface area (Å²) >= 11 is 5.72. The number of nitrogens with zero attached hydrogens (tertiary/aromatic N) is 1. The van der Waals surface area contributed by atoms with E-state index < -0.39 is 10.0 Å². The van der Waals surface area contributed by atoms with Gasteiger partial charge in [-0.3, -0.25) is 0 Å². The van der Waals surface area contributed by atoms with Crippen LogP contribution in [-0.4, -0.2) is 25.8 Å². The molecule has 0 amide bonds. The van der Waals surface area contributed by atoms with Crippen molar-refractivity contribution in [2.45, 2.75) is 4.90 Å². The number of sulfonamides is 1. The van der Waals surface area contributed by atoms with E-state index in [-0.39, 0.29) is 18.0 Å². The topological polar surface area (TPSA) is 37.4 Å². The molecule has 0 unspecified atom stereocenters. The number of halogens is 1. The fraction of sp³-hybridized carbons (Fsp3) is 0.167. The first kappa shape index (κ1) is 14.0. The Morgan fingerprint density at radius 2 is 1.59 bits per heavy atom. The van der Waals surface area contributed by atoms with Gasteiger partial charge in [0.15, 0.2) is 0 Å². The summed E-state index contributed by atoms with van der Waals surface area (Å²) in [6.45, 7) is 7.58. The minimum Gasteiger partial charge on any atom is -0.207 e. The third-order valence-corrected chi connectivity index (χ3v) is 4.21. The molecule has 0 aliphatic heterocycles. The average molecular weight is 272 g/mol. The van der Waals surface area contributed by atoms with Crippen molar-refractivity contribution >= 4 is 21.6 Å². The summed E-state index contributed by atoms with van der Waals surface area (Å²) in [4.78, 5) is 0.214. The average Bonchev–Trinajstić information content (AvgIpc) is 2.29. The maximum absolute atomic E-state index is 12.2. The van der Waals surface area contributed by atoms with Crippen LogP contribution in [0.4, 0.5) is 0 Å². The van der Waals surface area contributed by atoms with Crippen LogP contribution in [0.1, 0.15) is 0 Å². The SMILES string of the molecule is C=CCN(CC=C)S(=O)(=O)c1ccc(Cl)cc1. The number of hydrogen-bond acceptors (Lipinski definition) is 2. The standard InChI is InChI=1S/C12H14ClNO2S/c1-3-9-14(10-4-2)17(15,16)12-7-5-11(13)6-8-12/h3-8H,1-2,9-10H2. The smallest absolute Gasteiger partial charge is 0.207 e. The Hall–Kier alpha value is -1.10. The van der Waals surface area contributed by atoms with E-state index in [2.05, 4.69) is 13.2 Å². The van der Waals surface area contributed by atoms with Gasteiger partial charge in [-0.15, -0.1) is 13.2 Å². The largest absolute Gasteiger partial charge is 0.243 e. The first-order valence-electron chi connectivity index (χ1n) is 5.00. The minimum atomic E-state index is -3.51. The quantitative estimate of drug-likeness (QED) is 0.746. The zero-order chi connectivity index (χ0) is 12.9. The Labute approximate surface area is 107 Å². The van der Waals surface area contributed by atoms with Gasteiger partial charge in [-0.25, -0.2) is 8.42 Å². The van der Waals surface area contributed by atoms with Crippen molar-refractivity contribution in [1.29, 1.82) is 0 Å². The number of hydrogen-bond donors (Lipinski definition) is 0. The van der Waals surface area contributed by atoms with Crippen molar-refractivity contribution in [1.82, 2.24) is 4.31 Å². The van der Waals surface area contributed by atoms with E-state index >= 15 is 0 Å². The van der Waals surface area contributed by atoms with Crippen molar-refractivity contribution < 1.29 is 8.42 Å². The second-order valence-electron chi connectivity index (χ2n) is 3.35. The van der Waals surface area contributed by atoms with E-state index in [0.717, 1.165) is 0 Å². The van der Waals surface area contributed by atoms with Crippen LogP contribution in [0.3, 0.4) is 0 Å². The van der Waals surface area contributed by atoms with Gasteiger partial charge in [0.2, 0.25) is 10.0 Å². The summed E-state index contributed by atoms with van der Waals surface area (Å²) in [7, 11) is -3.51. The highest BCUT2D eigenvalue weighted by molar-refractivity contribution is 7.89. The molecule has 1 aromatic rings. The molecule has 0 bridgehead atoms. The van der Waals surface area contributed by atoms with Gasteiger partial charge in [-0.2, -0.15) is 4.31 Å². The molecule has 3 nitrogen and oxygen atoms in total. The summed E-state index contributed by atoms with van der Waals surface area (Å²) in [5.74, 6) is 0. The molecule has 1 aromatic carbocycles. The fourth-order valence-corrected chi connectivity index (χ4v) is 2.82. The molecule has 0 spiro atoms. The van der Waals surface area contributed by atoms with Crippen LogP contribution in [0.15, 0.2) is 54.5 Å². The highest BCUT2D eigenvalue weighted by Crippen LogP contribution is 2.18. The van der Waals surface area contributed by atoms with Crippen LogP contribution in [-0.2, 0) is 10.0 Å². The third-order valence-electron chi connectivity index (χ3n) is 2.12. The number of rotatable bonds is 6. The molecule has 0 saturated carbocycles. The highest BCUT2D eigenvalue weighted by atomic mass is 35.5. The summed E-state index contributed by atoms with van der Waals surface area (Å²) in [5, 5.41) is 0.503. The van der Waals surface area contributed by atoms with E-state index in [1.54, 1.807) is 12.1 Å². The van der Waals surface area contributed by atoms with Crippen LogP contribution in [0.2, 0.25) is 5.02 Å². The maximum atomic E-state index is 12.2. The summed E-state index contributed by atoms with van der Waals surface area (Å²) in [6.07, 6.45) is 3.08. The Morgan fingerprint density at radius 3 is 2.00 bits per heavy atom. The van der Waals surface area contributed by atoms with Crippen LogP contribution < -0.4 is 0 Å². The zero-order valence-corrected chi connectivity index (χ0v) is 10.9. The second-order valence-corrected chi connectivity index (χ2v) is 5.73. The molecule has 17 heavy (non-hydrogen) atoms. The van der Waals surface area contributed by atoms with Crippen LogP contribution in [0, 0.1) is 0 Å². The maximum Gasteiger partial charge on any atom is 0.243 e. The third kappa shape index (κ3) is 3.43. The second kappa shape index (κ2) is 6.00. The van der Waals surface area contributed by atoms with Crippen molar-refractivity contribution in [3.05, 3.63) is 54.6 Å². The Kier molecular flexibility index (Phi) is 4.93. The minimum absolute atomic E-state index is 0.214. The lowest BCUT2D eigenvalue weighted by atomic mass is 10.4. The van der Waals surface area contributed by atoms with Crippen LogP contribution in [0.5, 0.6) is 0 Å². The predicted molar refractivity (Wildman–Crippen MR) is 70.6 cm³/mol. The molecule has 0 fully saturated rings. The van der Waals surface area contributed by atoms with Crippen molar-refractivity contribution in [2.24, 2.45) is 0 Å². The van der Waals surface area contributed by atoms with Crippen molar-refractivity contribution in [3.8, 4) is 0 Å². The summed E-state index contributed by atoms with van der Waals surface area (Å²) in [6, 6.07) is 6.07. The summed E-state index contributed by atoms with van der Waals surface area (Å²) in [5.41, 5.74) is 0. The molecular weight excluding hydrogens is 258 g/mol. The van der Waals surface area contributed by atoms with Gasteiger partial charge < -0.3 is 0 Å².